The van der Waals surface area contributed by atoms with Gasteiger partial charge in [-0.25, -0.2) is 9.97 Å². The first-order chi connectivity index (χ1) is 8.83. The average Bonchev–Trinajstić information content (AvgIpc) is 3.22. The van der Waals surface area contributed by atoms with Crippen LogP contribution in [0.5, 0.6) is 0 Å². The zero-order valence-corrected chi connectivity index (χ0v) is 10.4. The first-order valence-corrected chi connectivity index (χ1v) is 6.30. The lowest BCUT2D eigenvalue weighted by Gasteiger charge is -2.07. The monoisotopic (exact) mass is 240 g/mol. The van der Waals surface area contributed by atoms with Gasteiger partial charge in [0.25, 0.3) is 0 Å². The molecule has 0 spiro atoms. The molecule has 1 aliphatic carbocycles. The van der Waals surface area contributed by atoms with Gasteiger partial charge in [-0.15, -0.1) is 0 Å². The Labute approximate surface area is 107 Å². The quantitative estimate of drug-likeness (QED) is 0.889. The fourth-order valence-corrected chi connectivity index (χ4v) is 1.83. The van der Waals surface area contributed by atoms with Crippen LogP contribution in [0.25, 0.3) is 11.5 Å². The Kier molecular flexibility index (Phi) is 3.02. The summed E-state index contributed by atoms with van der Waals surface area (Å²) in [5.74, 6) is 0.697. The molecule has 4 nitrogen and oxygen atoms in total. The zero-order valence-electron chi connectivity index (χ0n) is 10.4. The minimum Gasteiger partial charge on any atom is -0.310 e. The highest BCUT2D eigenvalue weighted by Gasteiger charge is 2.20. The van der Waals surface area contributed by atoms with Gasteiger partial charge in [-0.2, -0.15) is 0 Å². The van der Waals surface area contributed by atoms with E-state index in [0.717, 1.165) is 17.9 Å². The van der Waals surface area contributed by atoms with Crippen LogP contribution in [0.3, 0.4) is 0 Å². The summed E-state index contributed by atoms with van der Waals surface area (Å²) in [6, 6.07) is 6.48. The summed E-state index contributed by atoms with van der Waals surface area (Å²) >= 11 is 0. The molecule has 0 atom stereocenters. The third kappa shape index (κ3) is 2.54. The molecule has 4 heteroatoms. The van der Waals surface area contributed by atoms with E-state index in [1.807, 2.05) is 31.3 Å². The third-order valence-electron chi connectivity index (χ3n) is 3.13. The van der Waals surface area contributed by atoms with Crippen LogP contribution in [0.2, 0.25) is 0 Å². The van der Waals surface area contributed by atoms with Crippen molar-refractivity contribution < 1.29 is 0 Å². The van der Waals surface area contributed by atoms with Crippen molar-refractivity contribution in [3.8, 4) is 11.5 Å². The van der Waals surface area contributed by atoms with Crippen LogP contribution in [-0.4, -0.2) is 21.0 Å². The molecule has 92 valence electrons. The molecule has 2 aromatic heterocycles. The molecule has 0 saturated heterocycles. The highest BCUT2D eigenvalue weighted by Crippen LogP contribution is 2.20. The standard InChI is InChI=1S/C14H16N4/c1-10-11(8-16-12-5-6-12)9-17-14(18-10)13-4-2-3-7-15-13/h2-4,7,9,12,16H,5-6,8H2,1H3. The van der Waals surface area contributed by atoms with Crippen molar-refractivity contribution in [1.29, 1.82) is 0 Å². The maximum Gasteiger partial charge on any atom is 0.178 e. The van der Waals surface area contributed by atoms with E-state index < -0.39 is 0 Å². The molecule has 1 fully saturated rings. The Morgan fingerprint density at radius 2 is 2.17 bits per heavy atom. The van der Waals surface area contributed by atoms with E-state index in [9.17, 15) is 0 Å². The summed E-state index contributed by atoms with van der Waals surface area (Å²) in [7, 11) is 0. The smallest absolute Gasteiger partial charge is 0.178 e. The van der Waals surface area contributed by atoms with Crippen LogP contribution in [0, 0.1) is 6.92 Å². The van der Waals surface area contributed by atoms with Crippen molar-refractivity contribution in [2.45, 2.75) is 32.4 Å². The van der Waals surface area contributed by atoms with Gasteiger partial charge >= 0.3 is 0 Å². The van der Waals surface area contributed by atoms with Crippen molar-refractivity contribution >= 4 is 0 Å². The largest absolute Gasteiger partial charge is 0.310 e. The number of pyridine rings is 1. The van der Waals surface area contributed by atoms with E-state index in [0.29, 0.717) is 11.9 Å². The van der Waals surface area contributed by atoms with E-state index in [4.69, 9.17) is 0 Å². The summed E-state index contributed by atoms with van der Waals surface area (Å²) in [4.78, 5) is 13.2. The van der Waals surface area contributed by atoms with Gasteiger partial charge < -0.3 is 5.32 Å². The molecule has 3 rings (SSSR count). The Hall–Kier alpha value is -1.81. The van der Waals surface area contributed by atoms with Crippen molar-refractivity contribution in [2.75, 3.05) is 0 Å². The second-order valence-electron chi connectivity index (χ2n) is 4.67. The van der Waals surface area contributed by atoms with E-state index >= 15 is 0 Å². The highest BCUT2D eigenvalue weighted by molar-refractivity contribution is 5.48. The van der Waals surface area contributed by atoms with Crippen LogP contribution in [0.15, 0.2) is 30.6 Å². The van der Waals surface area contributed by atoms with Crippen molar-refractivity contribution in [3.63, 3.8) is 0 Å². The third-order valence-corrected chi connectivity index (χ3v) is 3.13. The van der Waals surface area contributed by atoms with Gasteiger partial charge in [0.05, 0.1) is 0 Å². The number of hydrogen-bond acceptors (Lipinski definition) is 4. The van der Waals surface area contributed by atoms with E-state index in [2.05, 4.69) is 20.3 Å². The van der Waals surface area contributed by atoms with Crippen LogP contribution in [-0.2, 0) is 6.54 Å². The lowest BCUT2D eigenvalue weighted by atomic mass is 10.2. The summed E-state index contributed by atoms with van der Waals surface area (Å²) in [6.07, 6.45) is 6.26. The van der Waals surface area contributed by atoms with Gasteiger partial charge in [0.15, 0.2) is 5.82 Å². The fraction of sp³-hybridized carbons (Fsp3) is 0.357. The maximum absolute atomic E-state index is 4.53. The van der Waals surface area contributed by atoms with E-state index in [-0.39, 0.29) is 0 Å². The molecule has 1 N–H and O–H groups in total. The molecule has 0 aromatic carbocycles. The van der Waals surface area contributed by atoms with Gasteiger partial charge in [0.2, 0.25) is 0 Å². The predicted octanol–water partition coefficient (Wildman–Crippen LogP) is 2.10. The molecule has 1 aliphatic rings. The molecule has 0 unspecified atom stereocenters. The molecule has 18 heavy (non-hydrogen) atoms. The lowest BCUT2D eigenvalue weighted by Crippen LogP contribution is -2.16. The normalized spacial score (nSPS) is 14.7. The summed E-state index contributed by atoms with van der Waals surface area (Å²) in [6.45, 7) is 2.89. The number of rotatable bonds is 4. The Bertz CT molecular complexity index is 535. The van der Waals surface area contributed by atoms with Crippen molar-refractivity contribution in [2.24, 2.45) is 0 Å². The van der Waals surface area contributed by atoms with Crippen molar-refractivity contribution in [1.82, 2.24) is 20.3 Å². The van der Waals surface area contributed by atoms with Gasteiger partial charge in [0.1, 0.15) is 5.69 Å². The zero-order chi connectivity index (χ0) is 12.4. The van der Waals surface area contributed by atoms with Crippen LogP contribution in [0.1, 0.15) is 24.1 Å². The first kappa shape index (κ1) is 11.3. The second kappa shape index (κ2) is 4.82. The fourth-order valence-electron chi connectivity index (χ4n) is 1.83. The molecule has 0 radical (unpaired) electrons. The highest BCUT2D eigenvalue weighted by atomic mass is 15.0. The molecule has 2 heterocycles. The Morgan fingerprint density at radius 3 is 2.83 bits per heavy atom. The maximum atomic E-state index is 4.53. The molecular formula is C14H16N4. The second-order valence-corrected chi connectivity index (χ2v) is 4.67. The van der Waals surface area contributed by atoms with E-state index in [1.165, 1.54) is 18.4 Å². The number of hydrogen-bond donors (Lipinski definition) is 1. The summed E-state index contributed by atoms with van der Waals surface area (Å²) < 4.78 is 0. The van der Waals surface area contributed by atoms with Crippen molar-refractivity contribution in [3.05, 3.63) is 41.9 Å². The van der Waals surface area contributed by atoms with Gasteiger partial charge in [-0.3, -0.25) is 4.98 Å². The van der Waals surface area contributed by atoms with Crippen LogP contribution < -0.4 is 5.32 Å². The molecular weight excluding hydrogens is 224 g/mol. The molecule has 2 aromatic rings. The number of nitrogens with zero attached hydrogens (tertiary/aromatic N) is 3. The summed E-state index contributed by atoms with van der Waals surface area (Å²) in [5, 5.41) is 3.48. The molecule has 0 aliphatic heterocycles. The minimum atomic E-state index is 0.697. The SMILES string of the molecule is Cc1nc(-c2ccccn2)ncc1CNC1CC1. The van der Waals surface area contributed by atoms with Crippen LogP contribution in [0.4, 0.5) is 0 Å². The van der Waals surface area contributed by atoms with Gasteiger partial charge in [-0.05, 0) is 31.9 Å². The first-order valence-electron chi connectivity index (χ1n) is 6.30. The number of aryl methyl sites for hydroxylation is 1. The van der Waals surface area contributed by atoms with E-state index in [1.54, 1.807) is 6.20 Å². The van der Waals surface area contributed by atoms with Crippen LogP contribution >= 0.6 is 0 Å². The Balaban J connectivity index is 1.79. The van der Waals surface area contributed by atoms with Gasteiger partial charge in [-0.1, -0.05) is 6.07 Å². The topological polar surface area (TPSA) is 50.7 Å². The minimum absolute atomic E-state index is 0.697. The number of aromatic nitrogens is 3. The number of nitrogens with one attached hydrogen (secondary N) is 1. The summed E-state index contributed by atoms with van der Waals surface area (Å²) in [5.41, 5.74) is 3.02. The molecule has 1 saturated carbocycles. The Morgan fingerprint density at radius 1 is 1.28 bits per heavy atom. The predicted molar refractivity (Wildman–Crippen MR) is 69.9 cm³/mol. The van der Waals surface area contributed by atoms with Gasteiger partial charge in [0, 0.05) is 36.2 Å². The molecule has 0 amide bonds. The molecule has 0 bridgehead atoms. The average molecular weight is 240 g/mol. The lowest BCUT2D eigenvalue weighted by molar-refractivity contribution is 0.679.